The van der Waals surface area contributed by atoms with Crippen molar-refractivity contribution in [1.82, 2.24) is 10.2 Å². The van der Waals surface area contributed by atoms with Gasteiger partial charge in [-0.15, -0.1) is 0 Å². The number of nitrogens with one attached hydrogen (secondary N) is 2. The van der Waals surface area contributed by atoms with Crippen LogP contribution in [0.25, 0.3) is 0 Å². The van der Waals surface area contributed by atoms with Gasteiger partial charge in [0.05, 0.1) is 19.3 Å². The Hall–Kier alpha value is -3.10. The van der Waals surface area contributed by atoms with Crippen LogP contribution < -0.4 is 20.4 Å². The van der Waals surface area contributed by atoms with E-state index in [1.165, 1.54) is 0 Å². The molecule has 172 valence electrons. The highest BCUT2D eigenvalue weighted by molar-refractivity contribution is 6.39. The lowest BCUT2D eigenvalue weighted by atomic mass is 10.0. The Balaban J connectivity index is 1.63. The summed E-state index contributed by atoms with van der Waals surface area (Å²) in [4.78, 5) is 31.2. The predicted octanol–water partition coefficient (Wildman–Crippen LogP) is 1.95. The average molecular weight is 440 g/mol. The van der Waals surface area contributed by atoms with Crippen LogP contribution in [0.5, 0.6) is 0 Å². The Bertz CT molecular complexity index is 891. The van der Waals surface area contributed by atoms with E-state index >= 15 is 0 Å². The van der Waals surface area contributed by atoms with Gasteiger partial charge in [0, 0.05) is 64.9 Å². The normalized spacial score (nSPS) is 15.0. The van der Waals surface area contributed by atoms with Crippen molar-refractivity contribution in [2.75, 3.05) is 76.2 Å². The van der Waals surface area contributed by atoms with E-state index in [-0.39, 0.29) is 6.04 Å². The average Bonchev–Trinajstić information content (AvgIpc) is 2.80. The van der Waals surface area contributed by atoms with Crippen LogP contribution in [0.1, 0.15) is 11.6 Å². The first-order valence-electron chi connectivity index (χ1n) is 10.8. The molecule has 1 aliphatic heterocycles. The molecule has 0 bridgehead atoms. The molecule has 3 rings (SSSR count). The van der Waals surface area contributed by atoms with Crippen LogP contribution in [0.15, 0.2) is 48.5 Å². The van der Waals surface area contributed by atoms with E-state index < -0.39 is 11.8 Å². The van der Waals surface area contributed by atoms with Crippen LogP contribution in [0.3, 0.4) is 0 Å². The summed E-state index contributed by atoms with van der Waals surface area (Å²) in [5.74, 6) is -1.32. The molecule has 2 aromatic carbocycles. The molecular formula is C24H33N5O3. The van der Waals surface area contributed by atoms with E-state index in [2.05, 4.69) is 39.8 Å². The quantitative estimate of drug-likeness (QED) is 0.643. The summed E-state index contributed by atoms with van der Waals surface area (Å²) >= 11 is 0. The van der Waals surface area contributed by atoms with Gasteiger partial charge in [-0.2, -0.15) is 0 Å². The largest absolute Gasteiger partial charge is 0.379 e. The summed E-state index contributed by atoms with van der Waals surface area (Å²) in [7, 11) is 7.89. The van der Waals surface area contributed by atoms with Crippen molar-refractivity contribution in [3.8, 4) is 0 Å². The molecule has 8 nitrogen and oxygen atoms in total. The molecule has 0 aromatic heterocycles. The molecule has 1 saturated heterocycles. The zero-order valence-corrected chi connectivity index (χ0v) is 19.3. The molecule has 1 aliphatic rings. The molecule has 2 N–H and O–H groups in total. The molecule has 32 heavy (non-hydrogen) atoms. The second-order valence-electron chi connectivity index (χ2n) is 8.26. The predicted molar refractivity (Wildman–Crippen MR) is 128 cm³/mol. The number of amides is 2. The van der Waals surface area contributed by atoms with Gasteiger partial charge in [-0.05, 0) is 42.0 Å². The van der Waals surface area contributed by atoms with Crippen LogP contribution in [0.4, 0.5) is 17.1 Å². The topological polar surface area (TPSA) is 77.2 Å². The number of benzene rings is 2. The van der Waals surface area contributed by atoms with E-state index in [0.29, 0.717) is 25.4 Å². The summed E-state index contributed by atoms with van der Waals surface area (Å²) in [5.41, 5.74) is 3.80. The van der Waals surface area contributed by atoms with Crippen LogP contribution in [0, 0.1) is 0 Å². The van der Waals surface area contributed by atoms with E-state index in [9.17, 15) is 9.59 Å². The van der Waals surface area contributed by atoms with Crippen LogP contribution in [-0.4, -0.2) is 77.8 Å². The first-order chi connectivity index (χ1) is 15.3. The van der Waals surface area contributed by atoms with Gasteiger partial charge in [0.1, 0.15) is 0 Å². The van der Waals surface area contributed by atoms with Crippen LogP contribution in [0.2, 0.25) is 0 Å². The second-order valence-corrected chi connectivity index (χ2v) is 8.26. The molecule has 1 fully saturated rings. The van der Waals surface area contributed by atoms with Crippen molar-refractivity contribution in [3.63, 3.8) is 0 Å². The minimum Gasteiger partial charge on any atom is -0.379 e. The fourth-order valence-corrected chi connectivity index (χ4v) is 3.64. The standard InChI is InChI=1S/C24H33N5O3/c1-27(2)20-9-5-18(6-10-20)22(29-13-15-32-16-14-29)17-25-23(30)24(31)26-19-7-11-21(12-8-19)28(3)4/h5-12,22H,13-17H2,1-4H3,(H,25,30)(H,26,31). The number of rotatable bonds is 7. The molecule has 0 saturated carbocycles. The summed E-state index contributed by atoms with van der Waals surface area (Å²) in [6.45, 7) is 3.21. The van der Waals surface area contributed by atoms with Gasteiger partial charge in [0.15, 0.2) is 0 Å². The third kappa shape index (κ3) is 6.21. The van der Waals surface area contributed by atoms with Crippen molar-refractivity contribution < 1.29 is 14.3 Å². The van der Waals surface area contributed by atoms with E-state index in [1.54, 1.807) is 12.1 Å². The molecule has 8 heteroatoms. The van der Waals surface area contributed by atoms with Crippen LogP contribution in [-0.2, 0) is 14.3 Å². The van der Waals surface area contributed by atoms with Crippen molar-refractivity contribution >= 4 is 28.9 Å². The van der Waals surface area contributed by atoms with Gasteiger partial charge in [-0.25, -0.2) is 0 Å². The van der Waals surface area contributed by atoms with Crippen molar-refractivity contribution in [3.05, 3.63) is 54.1 Å². The first kappa shape index (κ1) is 23.6. The Morgan fingerprint density at radius 1 is 0.875 bits per heavy atom. The van der Waals surface area contributed by atoms with Gasteiger partial charge >= 0.3 is 11.8 Å². The molecule has 0 spiro atoms. The fourth-order valence-electron chi connectivity index (χ4n) is 3.64. The highest BCUT2D eigenvalue weighted by Crippen LogP contribution is 2.24. The Kier molecular flexibility index (Phi) is 8.08. The molecule has 1 heterocycles. The summed E-state index contributed by atoms with van der Waals surface area (Å²) in [6, 6.07) is 15.6. The maximum atomic E-state index is 12.5. The first-order valence-corrected chi connectivity index (χ1v) is 10.8. The third-order valence-corrected chi connectivity index (χ3v) is 5.58. The highest BCUT2D eigenvalue weighted by atomic mass is 16.5. The van der Waals surface area contributed by atoms with Crippen LogP contribution >= 0.6 is 0 Å². The maximum Gasteiger partial charge on any atom is 0.313 e. The van der Waals surface area contributed by atoms with Gasteiger partial charge in [-0.3, -0.25) is 14.5 Å². The molecular weight excluding hydrogens is 406 g/mol. The number of carbonyl (C=O) groups is 2. The monoisotopic (exact) mass is 439 g/mol. The number of hydrogen-bond donors (Lipinski definition) is 2. The highest BCUT2D eigenvalue weighted by Gasteiger charge is 2.24. The zero-order valence-electron chi connectivity index (χ0n) is 19.3. The SMILES string of the molecule is CN(C)c1ccc(NC(=O)C(=O)NCC(c2ccc(N(C)C)cc2)N2CCOCC2)cc1. The van der Waals surface area contributed by atoms with Crippen molar-refractivity contribution in [1.29, 1.82) is 0 Å². The third-order valence-electron chi connectivity index (χ3n) is 5.58. The summed E-state index contributed by atoms with van der Waals surface area (Å²) < 4.78 is 5.49. The van der Waals surface area contributed by atoms with Gasteiger partial charge in [0.25, 0.3) is 0 Å². The van der Waals surface area contributed by atoms with Crippen molar-refractivity contribution in [2.45, 2.75) is 6.04 Å². The number of ether oxygens (including phenoxy) is 1. The number of nitrogens with zero attached hydrogens (tertiary/aromatic N) is 3. The Morgan fingerprint density at radius 3 is 1.94 bits per heavy atom. The number of hydrogen-bond acceptors (Lipinski definition) is 6. The molecule has 0 aliphatic carbocycles. The van der Waals surface area contributed by atoms with Gasteiger partial charge in [-0.1, -0.05) is 12.1 Å². The maximum absolute atomic E-state index is 12.5. The lowest BCUT2D eigenvalue weighted by Gasteiger charge is -2.35. The second kappa shape index (κ2) is 11.0. The number of morpholine rings is 1. The summed E-state index contributed by atoms with van der Waals surface area (Å²) in [6.07, 6.45) is 0. The number of carbonyl (C=O) groups excluding carboxylic acids is 2. The van der Waals surface area contributed by atoms with Gasteiger partial charge in [0.2, 0.25) is 0 Å². The van der Waals surface area contributed by atoms with Crippen molar-refractivity contribution in [2.24, 2.45) is 0 Å². The van der Waals surface area contributed by atoms with E-state index in [4.69, 9.17) is 4.74 Å². The smallest absolute Gasteiger partial charge is 0.313 e. The lowest BCUT2D eigenvalue weighted by molar-refractivity contribution is -0.136. The molecule has 2 amide bonds. The Labute approximate surface area is 190 Å². The molecule has 1 unspecified atom stereocenters. The minimum atomic E-state index is -0.675. The minimum absolute atomic E-state index is 0.0359. The fraction of sp³-hybridized carbons (Fsp3) is 0.417. The summed E-state index contributed by atoms with van der Waals surface area (Å²) in [5, 5.41) is 5.48. The zero-order chi connectivity index (χ0) is 23.1. The number of anilines is 3. The van der Waals surface area contributed by atoms with E-state index in [0.717, 1.165) is 30.0 Å². The Morgan fingerprint density at radius 2 is 1.41 bits per heavy atom. The molecule has 2 aromatic rings. The molecule has 1 atom stereocenters. The molecule has 0 radical (unpaired) electrons. The van der Waals surface area contributed by atoms with Gasteiger partial charge < -0.3 is 25.2 Å². The lowest BCUT2D eigenvalue weighted by Crippen LogP contribution is -2.45. The van der Waals surface area contributed by atoms with E-state index in [1.807, 2.05) is 50.1 Å².